The largest absolute Gasteiger partial charge is 0.496 e. The second-order valence-electron chi connectivity index (χ2n) is 4.91. The minimum absolute atomic E-state index is 0.0143. The third kappa shape index (κ3) is 5.32. The van der Waals surface area contributed by atoms with E-state index in [1.807, 2.05) is 31.5 Å². The highest BCUT2D eigenvalue weighted by Gasteiger charge is 2.16. The van der Waals surface area contributed by atoms with Crippen LogP contribution in [0, 0.1) is 3.57 Å². The van der Waals surface area contributed by atoms with Crippen molar-refractivity contribution in [2.24, 2.45) is 16.5 Å². The van der Waals surface area contributed by atoms with Crippen molar-refractivity contribution in [3.8, 4) is 11.5 Å². The van der Waals surface area contributed by atoms with Crippen LogP contribution in [0.5, 0.6) is 11.5 Å². The molecule has 0 amide bonds. The number of ether oxygens (including phenoxy) is 2. The van der Waals surface area contributed by atoms with Crippen LogP contribution in [0.3, 0.4) is 0 Å². The molecule has 0 saturated heterocycles. The van der Waals surface area contributed by atoms with E-state index in [4.69, 9.17) is 26.1 Å². The maximum absolute atomic E-state index is 8.92. The summed E-state index contributed by atoms with van der Waals surface area (Å²) in [5, 5.41) is 8.92. The van der Waals surface area contributed by atoms with E-state index in [0.29, 0.717) is 5.75 Å². The first-order chi connectivity index (χ1) is 10.8. The van der Waals surface area contributed by atoms with Gasteiger partial charge in [-0.15, -0.1) is 0 Å². The van der Waals surface area contributed by atoms with Crippen molar-refractivity contribution < 1.29 is 14.7 Å². The topological polar surface area (TPSA) is 115 Å². The number of methoxy groups -OCH3 is 1. The molecule has 0 bridgehead atoms. The summed E-state index contributed by atoms with van der Waals surface area (Å²) in [7, 11) is 1.61. The maximum Gasteiger partial charge on any atom is 0.187 e. The fourth-order valence-electron chi connectivity index (χ4n) is 1.79. The van der Waals surface area contributed by atoms with E-state index in [0.717, 1.165) is 14.9 Å². The predicted molar refractivity (Wildman–Crippen MR) is 98.4 cm³/mol. The van der Waals surface area contributed by atoms with Crippen molar-refractivity contribution in [1.29, 1.82) is 0 Å². The van der Waals surface area contributed by atoms with Crippen molar-refractivity contribution in [3.63, 3.8) is 0 Å². The molecule has 8 heteroatoms. The number of halogens is 1. The number of nitrogens with two attached hydrogens (primary N) is 2. The molecule has 1 aromatic carbocycles. The van der Waals surface area contributed by atoms with Crippen LogP contribution in [-0.4, -0.2) is 18.2 Å². The summed E-state index contributed by atoms with van der Waals surface area (Å²) in [4.78, 5) is 3.83. The van der Waals surface area contributed by atoms with Gasteiger partial charge >= 0.3 is 0 Å². The first kappa shape index (κ1) is 19.1. The molecule has 6 N–H and O–H groups in total. The second kappa shape index (κ2) is 8.63. The Morgan fingerprint density at radius 2 is 2.04 bits per heavy atom. The van der Waals surface area contributed by atoms with E-state index in [-0.39, 0.29) is 23.3 Å². The van der Waals surface area contributed by atoms with Gasteiger partial charge in [0, 0.05) is 5.56 Å². The first-order valence-electron chi connectivity index (χ1n) is 6.74. The maximum atomic E-state index is 8.92. The van der Waals surface area contributed by atoms with Crippen molar-refractivity contribution in [3.05, 3.63) is 45.6 Å². The molecule has 0 aromatic heterocycles. The summed E-state index contributed by atoms with van der Waals surface area (Å²) in [5.41, 5.74) is 14.0. The van der Waals surface area contributed by atoms with Gasteiger partial charge in [0.1, 0.15) is 17.3 Å². The highest BCUT2D eigenvalue weighted by atomic mass is 127. The first-order valence-corrected chi connectivity index (χ1v) is 7.82. The lowest BCUT2D eigenvalue weighted by atomic mass is 10.0. The van der Waals surface area contributed by atoms with Gasteiger partial charge in [0.15, 0.2) is 11.6 Å². The summed E-state index contributed by atoms with van der Waals surface area (Å²) in [6.45, 7) is 7.51. The van der Waals surface area contributed by atoms with Crippen LogP contribution in [0.15, 0.2) is 41.5 Å². The second-order valence-corrected chi connectivity index (χ2v) is 6.07. The number of aliphatic imine (C=N–C) groups is 1. The van der Waals surface area contributed by atoms with Crippen molar-refractivity contribution in [2.75, 3.05) is 7.11 Å². The SMILES string of the molecule is C=C(N)/N=C(N)\C(=C/NO)Oc1cc(I)c(OC)cc1C(C)C. The third-order valence-corrected chi connectivity index (χ3v) is 3.68. The molecule has 0 atom stereocenters. The zero-order valence-electron chi connectivity index (χ0n) is 13.3. The van der Waals surface area contributed by atoms with E-state index in [1.54, 1.807) is 7.11 Å². The molecule has 7 nitrogen and oxygen atoms in total. The monoisotopic (exact) mass is 432 g/mol. The van der Waals surface area contributed by atoms with E-state index >= 15 is 0 Å². The lowest BCUT2D eigenvalue weighted by Crippen LogP contribution is -2.22. The van der Waals surface area contributed by atoms with Gasteiger partial charge in [-0.25, -0.2) is 4.99 Å². The van der Waals surface area contributed by atoms with Gasteiger partial charge in [0.2, 0.25) is 0 Å². The summed E-state index contributed by atoms with van der Waals surface area (Å²) < 4.78 is 12.0. The van der Waals surface area contributed by atoms with E-state index in [9.17, 15) is 0 Å². The number of amidine groups is 1. The van der Waals surface area contributed by atoms with Crippen molar-refractivity contribution in [1.82, 2.24) is 5.48 Å². The Labute approximate surface area is 149 Å². The summed E-state index contributed by atoms with van der Waals surface area (Å²) in [5.74, 6) is 1.64. The predicted octanol–water partition coefficient (Wildman–Crippen LogP) is 2.41. The number of nitrogens with one attached hydrogen (secondary N) is 1. The molecule has 0 unspecified atom stereocenters. The number of hydrogen-bond donors (Lipinski definition) is 4. The molecule has 0 radical (unpaired) electrons. The zero-order chi connectivity index (χ0) is 17.6. The fraction of sp³-hybridized carbons (Fsp3) is 0.267. The van der Waals surface area contributed by atoms with Crippen LogP contribution in [0.1, 0.15) is 25.3 Å². The smallest absolute Gasteiger partial charge is 0.187 e. The fourth-order valence-corrected chi connectivity index (χ4v) is 2.45. The van der Waals surface area contributed by atoms with Crippen molar-refractivity contribution >= 4 is 28.4 Å². The Morgan fingerprint density at radius 1 is 1.39 bits per heavy atom. The normalized spacial score (nSPS) is 12.3. The van der Waals surface area contributed by atoms with Crippen LogP contribution in [-0.2, 0) is 0 Å². The van der Waals surface area contributed by atoms with Crippen LogP contribution in [0.25, 0.3) is 0 Å². The highest BCUT2D eigenvalue weighted by Crippen LogP contribution is 2.35. The molecule has 1 aromatic rings. The zero-order valence-corrected chi connectivity index (χ0v) is 15.4. The third-order valence-electron chi connectivity index (χ3n) is 2.84. The van der Waals surface area contributed by atoms with Crippen LogP contribution < -0.4 is 26.4 Å². The van der Waals surface area contributed by atoms with Crippen LogP contribution in [0.2, 0.25) is 0 Å². The molecule has 0 aliphatic carbocycles. The average Bonchev–Trinajstić information content (AvgIpc) is 2.45. The molecule has 0 heterocycles. The molecule has 0 fully saturated rings. The molecule has 126 valence electrons. The molecule has 1 rings (SSSR count). The Kier molecular flexibility index (Phi) is 7.17. The molecule has 0 aliphatic rings. The highest BCUT2D eigenvalue weighted by molar-refractivity contribution is 14.1. The molecular formula is C15H21IN4O3. The molecule has 0 saturated carbocycles. The van der Waals surface area contributed by atoms with Gasteiger partial charge in [0.05, 0.1) is 16.9 Å². The van der Waals surface area contributed by atoms with E-state index in [1.165, 1.54) is 6.20 Å². The summed E-state index contributed by atoms with van der Waals surface area (Å²) >= 11 is 2.15. The van der Waals surface area contributed by atoms with E-state index < -0.39 is 0 Å². The quantitative estimate of drug-likeness (QED) is 0.173. The van der Waals surface area contributed by atoms with Gasteiger partial charge in [-0.05, 0) is 40.6 Å². The van der Waals surface area contributed by atoms with Gasteiger partial charge in [0.25, 0.3) is 0 Å². The lowest BCUT2D eigenvalue weighted by molar-refractivity contribution is 0.210. The minimum atomic E-state index is -0.0143. The number of hydroxylamine groups is 1. The Morgan fingerprint density at radius 3 is 2.52 bits per heavy atom. The van der Waals surface area contributed by atoms with Gasteiger partial charge in [-0.3, -0.25) is 10.7 Å². The molecule has 23 heavy (non-hydrogen) atoms. The van der Waals surface area contributed by atoms with Crippen LogP contribution in [0.4, 0.5) is 0 Å². The number of nitrogens with zero attached hydrogens (tertiary/aromatic N) is 1. The number of rotatable bonds is 7. The molecule has 0 spiro atoms. The van der Waals surface area contributed by atoms with Gasteiger partial charge in [-0.2, -0.15) is 0 Å². The van der Waals surface area contributed by atoms with Gasteiger partial charge in [-0.1, -0.05) is 20.4 Å². The minimum Gasteiger partial charge on any atom is -0.496 e. The van der Waals surface area contributed by atoms with Crippen LogP contribution >= 0.6 is 22.6 Å². The lowest BCUT2D eigenvalue weighted by Gasteiger charge is -2.17. The Hall–Kier alpha value is -1.94. The summed E-state index contributed by atoms with van der Waals surface area (Å²) in [6.07, 6.45) is 1.17. The molecule has 0 aliphatic heterocycles. The van der Waals surface area contributed by atoms with Gasteiger partial charge < -0.3 is 20.9 Å². The number of hydrogen-bond acceptors (Lipinski definition) is 6. The van der Waals surface area contributed by atoms with E-state index in [2.05, 4.69) is 34.2 Å². The Bertz CT molecular complexity index is 642. The average molecular weight is 432 g/mol. The number of benzene rings is 1. The standard InChI is InChI=1S/C15H21IN4O3/c1-8(2)10-5-13(22-4)11(16)6-12(10)23-14(7-19-21)15(18)20-9(3)17/h5-8,19,21H,3,17H2,1-2,4H3,(H2,18,20)/b14-7+. The Balaban J connectivity index is 3.31. The van der Waals surface area contributed by atoms with Crippen molar-refractivity contribution in [2.45, 2.75) is 19.8 Å². The molecular weight excluding hydrogens is 411 g/mol. The summed E-state index contributed by atoms with van der Waals surface area (Å²) in [6, 6.07) is 3.73.